The summed E-state index contributed by atoms with van der Waals surface area (Å²) in [5.41, 5.74) is 3.70. The highest BCUT2D eigenvalue weighted by molar-refractivity contribution is 9.10. The predicted octanol–water partition coefficient (Wildman–Crippen LogP) is 8.45. The van der Waals surface area contributed by atoms with Gasteiger partial charge in [0.25, 0.3) is 0 Å². The Morgan fingerprint density at radius 3 is 2.19 bits per heavy atom. The molecule has 1 amide bonds. The second-order valence-electron chi connectivity index (χ2n) is 11.8. The van der Waals surface area contributed by atoms with Crippen LogP contribution >= 0.6 is 15.9 Å². The van der Waals surface area contributed by atoms with Gasteiger partial charge in [0.1, 0.15) is 11.9 Å². The third-order valence-corrected chi connectivity index (χ3v) is 9.30. The summed E-state index contributed by atoms with van der Waals surface area (Å²) in [5.74, 6) is 1.99. The summed E-state index contributed by atoms with van der Waals surface area (Å²) in [6.45, 7) is 12.9. The molecule has 4 aliphatic rings. The van der Waals surface area contributed by atoms with E-state index in [0.29, 0.717) is 11.8 Å². The lowest BCUT2D eigenvalue weighted by Gasteiger charge is -2.62. The van der Waals surface area contributed by atoms with Gasteiger partial charge in [-0.15, -0.1) is 0 Å². The number of nitrogens with zero attached hydrogens (tertiary/aromatic N) is 1. The van der Waals surface area contributed by atoms with Gasteiger partial charge in [-0.25, -0.2) is 4.79 Å². The van der Waals surface area contributed by atoms with Crippen molar-refractivity contribution >= 4 is 22.0 Å². The molecule has 3 fully saturated rings. The van der Waals surface area contributed by atoms with E-state index < -0.39 is 6.10 Å². The summed E-state index contributed by atoms with van der Waals surface area (Å²) in [6, 6.07) is 18.8. The van der Waals surface area contributed by atoms with Crippen molar-refractivity contribution in [2.75, 3.05) is 0 Å². The molecule has 36 heavy (non-hydrogen) atoms. The molecule has 0 unspecified atom stereocenters. The Kier molecular flexibility index (Phi) is 6.84. The maximum Gasteiger partial charge on any atom is 0.415 e. The molecule has 3 aliphatic carbocycles. The number of hydrogen-bond donors (Lipinski definition) is 0. The number of benzene rings is 2. The average Bonchev–Trinajstić information content (AvgIpc) is 2.84. The van der Waals surface area contributed by atoms with Crippen molar-refractivity contribution in [1.82, 2.24) is 4.90 Å². The smallest absolute Gasteiger partial charge is 0.412 e. The van der Waals surface area contributed by atoms with Gasteiger partial charge in [0, 0.05) is 22.5 Å². The topological polar surface area (TPSA) is 38.8 Å². The third kappa shape index (κ3) is 4.32. The first-order valence-electron chi connectivity index (χ1n) is 13.3. The molecule has 192 valence electrons. The number of rotatable bonds is 5. The zero-order chi connectivity index (χ0) is 25.8. The average molecular weight is 553 g/mol. The first-order valence-corrected chi connectivity index (χ1v) is 14.1. The first-order chi connectivity index (χ1) is 17.1. The Labute approximate surface area is 224 Å². The molecule has 2 aromatic rings. The van der Waals surface area contributed by atoms with Gasteiger partial charge < -0.3 is 14.4 Å². The molecular weight excluding hydrogens is 514 g/mol. The molecule has 4 nitrogen and oxygen atoms in total. The summed E-state index contributed by atoms with van der Waals surface area (Å²) < 4.78 is 14.4. The summed E-state index contributed by atoms with van der Waals surface area (Å²) in [5, 5.41) is 0. The molecule has 0 aromatic heterocycles. The predicted molar refractivity (Wildman–Crippen MR) is 146 cm³/mol. The molecule has 2 bridgehead atoms. The van der Waals surface area contributed by atoms with Crippen LogP contribution in [-0.4, -0.2) is 23.1 Å². The summed E-state index contributed by atoms with van der Waals surface area (Å²) in [7, 11) is 0. The Morgan fingerprint density at radius 2 is 1.61 bits per heavy atom. The Hall–Kier alpha value is -2.11. The Balaban J connectivity index is 1.65. The first kappa shape index (κ1) is 25.5. The molecule has 6 rings (SSSR count). The number of amides is 1. The Bertz CT molecular complexity index is 1130. The molecule has 0 N–H and O–H groups in total. The molecule has 0 spiro atoms. The van der Waals surface area contributed by atoms with Gasteiger partial charge in [-0.2, -0.15) is 0 Å². The second-order valence-corrected chi connectivity index (χ2v) is 12.7. The molecule has 2 aromatic carbocycles. The van der Waals surface area contributed by atoms with Gasteiger partial charge in [-0.05, 0) is 86.6 Å². The van der Waals surface area contributed by atoms with Crippen LogP contribution in [0, 0.1) is 23.2 Å². The quantitative estimate of drug-likeness (QED) is 0.374. The van der Waals surface area contributed by atoms with Crippen LogP contribution in [0.15, 0.2) is 70.4 Å². The fourth-order valence-corrected chi connectivity index (χ4v) is 7.09. The highest BCUT2D eigenvalue weighted by Crippen LogP contribution is 2.68. The van der Waals surface area contributed by atoms with Crippen LogP contribution in [0.1, 0.15) is 77.7 Å². The van der Waals surface area contributed by atoms with Crippen LogP contribution in [0.4, 0.5) is 4.79 Å². The maximum absolute atomic E-state index is 13.6. The fourth-order valence-electron chi connectivity index (χ4n) is 6.83. The lowest BCUT2D eigenvalue weighted by molar-refractivity contribution is -0.129. The van der Waals surface area contributed by atoms with Crippen molar-refractivity contribution in [2.24, 2.45) is 23.2 Å². The fraction of sp³-hybridized carbons (Fsp3) is 0.516. The van der Waals surface area contributed by atoms with Crippen molar-refractivity contribution in [3.63, 3.8) is 0 Å². The van der Waals surface area contributed by atoms with Crippen molar-refractivity contribution in [2.45, 2.75) is 78.7 Å². The molecule has 5 atom stereocenters. The molecule has 0 saturated heterocycles. The minimum absolute atomic E-state index is 0.0463. The van der Waals surface area contributed by atoms with E-state index >= 15 is 0 Å². The number of carbonyl (C=O) groups is 1. The molecule has 3 saturated carbocycles. The van der Waals surface area contributed by atoms with Gasteiger partial charge in [0.2, 0.25) is 0 Å². The minimum atomic E-state index is -0.427. The summed E-state index contributed by atoms with van der Waals surface area (Å²) >= 11 is 3.58. The van der Waals surface area contributed by atoms with Crippen LogP contribution in [0.2, 0.25) is 0 Å². The van der Waals surface area contributed by atoms with E-state index in [4.69, 9.17) is 9.47 Å². The van der Waals surface area contributed by atoms with E-state index in [9.17, 15) is 4.79 Å². The zero-order valence-corrected chi connectivity index (χ0v) is 23.8. The van der Waals surface area contributed by atoms with Gasteiger partial charge in [0.05, 0.1) is 6.10 Å². The van der Waals surface area contributed by atoms with E-state index in [0.717, 1.165) is 28.6 Å². The van der Waals surface area contributed by atoms with Crippen LogP contribution in [0.3, 0.4) is 0 Å². The van der Waals surface area contributed by atoms with Crippen LogP contribution in [-0.2, 0) is 9.47 Å². The lowest BCUT2D eigenvalue weighted by Crippen LogP contribution is -2.55. The van der Waals surface area contributed by atoms with Crippen molar-refractivity contribution in [3.05, 3.63) is 81.5 Å². The van der Waals surface area contributed by atoms with Crippen molar-refractivity contribution in [1.29, 1.82) is 0 Å². The number of hydrogen-bond acceptors (Lipinski definition) is 3. The molecule has 0 radical (unpaired) electrons. The van der Waals surface area contributed by atoms with Crippen LogP contribution in [0.5, 0.6) is 0 Å². The SMILES string of the molecule is CC(C)N(C(=O)OC1=C2[C@H](C[C@H]3C[C@@H]2C3(C)C)[C@@H](c2ccc(Br)cc2)O[C@H]1c1ccccc1)C(C)C. The Morgan fingerprint density at radius 1 is 0.972 bits per heavy atom. The molecular formula is C31H38BrNO3. The monoisotopic (exact) mass is 551 g/mol. The van der Waals surface area contributed by atoms with Gasteiger partial charge in [-0.3, -0.25) is 0 Å². The molecule has 1 aliphatic heterocycles. The number of carbonyl (C=O) groups excluding carboxylic acids is 1. The highest BCUT2D eigenvalue weighted by Gasteiger charge is 2.60. The van der Waals surface area contributed by atoms with E-state index in [2.05, 4.69) is 66.2 Å². The van der Waals surface area contributed by atoms with Crippen LogP contribution < -0.4 is 0 Å². The number of ether oxygens (including phenoxy) is 2. The summed E-state index contributed by atoms with van der Waals surface area (Å²) in [4.78, 5) is 15.4. The molecule has 5 heteroatoms. The normalized spacial score (nSPS) is 28.5. The number of halogens is 1. The van der Waals surface area contributed by atoms with E-state index in [1.165, 1.54) is 11.1 Å². The highest BCUT2D eigenvalue weighted by atomic mass is 79.9. The van der Waals surface area contributed by atoms with Gasteiger partial charge in [-0.1, -0.05) is 72.2 Å². The largest absolute Gasteiger partial charge is 0.415 e. The third-order valence-electron chi connectivity index (χ3n) is 8.78. The van der Waals surface area contributed by atoms with E-state index in [1.807, 2.05) is 50.8 Å². The maximum atomic E-state index is 13.6. The van der Waals surface area contributed by atoms with E-state index in [-0.39, 0.29) is 35.6 Å². The van der Waals surface area contributed by atoms with Crippen molar-refractivity contribution in [3.8, 4) is 0 Å². The summed E-state index contributed by atoms with van der Waals surface area (Å²) in [6.07, 6.45) is 1.43. The van der Waals surface area contributed by atoms with Crippen molar-refractivity contribution < 1.29 is 14.3 Å². The standard InChI is InChI=1S/C31H38BrNO3/c1-18(2)33(19(3)4)30(34)36-29-26-24(16-22-17-25(26)31(22,5)6)27(21-12-14-23(32)15-13-21)35-28(29)20-10-8-7-9-11-20/h7-15,18-19,22,24-25,27-28H,16-17H2,1-6H3/t22-,24-,25-,27+,28-/m0/s1. The second kappa shape index (κ2) is 9.64. The van der Waals surface area contributed by atoms with Gasteiger partial charge in [0.15, 0.2) is 0 Å². The van der Waals surface area contributed by atoms with Crippen LogP contribution in [0.25, 0.3) is 0 Å². The molecule has 1 heterocycles. The van der Waals surface area contributed by atoms with E-state index in [1.54, 1.807) is 0 Å². The van der Waals surface area contributed by atoms with Gasteiger partial charge >= 0.3 is 6.09 Å². The lowest BCUT2D eigenvalue weighted by atomic mass is 9.44. The zero-order valence-electron chi connectivity index (χ0n) is 22.2. The minimum Gasteiger partial charge on any atom is -0.412 e.